The minimum absolute atomic E-state index is 0.0664. The van der Waals surface area contributed by atoms with Crippen LogP contribution in [0, 0.1) is 0 Å². The molecule has 2 heterocycles. The first-order valence-electron chi connectivity index (χ1n) is 10.4. The summed E-state index contributed by atoms with van der Waals surface area (Å²) < 4.78 is 10.4. The second-order valence-electron chi connectivity index (χ2n) is 8.00. The van der Waals surface area contributed by atoms with Gasteiger partial charge >= 0.3 is 11.9 Å². The van der Waals surface area contributed by atoms with E-state index in [9.17, 15) is 14.4 Å². The van der Waals surface area contributed by atoms with Crippen molar-refractivity contribution in [2.75, 3.05) is 13.2 Å². The van der Waals surface area contributed by atoms with Crippen molar-refractivity contribution in [1.82, 2.24) is 0 Å². The van der Waals surface area contributed by atoms with Crippen LogP contribution in [-0.2, 0) is 25.2 Å². The summed E-state index contributed by atoms with van der Waals surface area (Å²) in [5.74, 6) is -1.27. The van der Waals surface area contributed by atoms with Gasteiger partial charge in [-0.2, -0.15) is 0 Å². The molecule has 0 spiro atoms. The van der Waals surface area contributed by atoms with E-state index in [1.807, 2.05) is 32.9 Å². The van der Waals surface area contributed by atoms with Crippen LogP contribution in [0.4, 0.5) is 5.00 Å². The zero-order chi connectivity index (χ0) is 24.1. The highest BCUT2D eigenvalue weighted by Crippen LogP contribution is 2.42. The molecule has 2 N–H and O–H groups in total. The molecule has 2 rings (SSSR count). The van der Waals surface area contributed by atoms with Crippen molar-refractivity contribution in [3.05, 3.63) is 37.9 Å². The standard InChI is InChI=1S/C23H30N2O5S2/c1-7-23(6,24)18-16(20(27)29-8-2)17(21(28)30-9-3)19(32-18)25-12-14-10-11-15(31-14)22(4,5)13-26/h10-13H,7-9,24H2,1-6H3/b25-12+. The lowest BCUT2D eigenvalue weighted by Gasteiger charge is -2.22. The Hall–Kier alpha value is -2.36. The molecular weight excluding hydrogens is 448 g/mol. The average Bonchev–Trinajstić information content (AvgIpc) is 3.38. The summed E-state index contributed by atoms with van der Waals surface area (Å²) in [6.45, 7) is 11.1. The van der Waals surface area contributed by atoms with Gasteiger partial charge < -0.3 is 20.0 Å². The third-order valence-electron chi connectivity index (χ3n) is 4.97. The van der Waals surface area contributed by atoms with Gasteiger partial charge in [-0.3, -0.25) is 0 Å². The highest BCUT2D eigenvalue weighted by Gasteiger charge is 2.36. The summed E-state index contributed by atoms with van der Waals surface area (Å²) >= 11 is 2.62. The molecule has 1 atom stereocenters. The van der Waals surface area contributed by atoms with E-state index in [0.29, 0.717) is 16.3 Å². The smallest absolute Gasteiger partial charge is 0.342 e. The van der Waals surface area contributed by atoms with Crippen molar-refractivity contribution in [2.45, 2.75) is 58.9 Å². The second kappa shape index (κ2) is 10.5. The van der Waals surface area contributed by atoms with Crippen molar-refractivity contribution < 1.29 is 23.9 Å². The largest absolute Gasteiger partial charge is 0.462 e. The molecule has 0 amide bonds. The number of carbonyl (C=O) groups is 3. The highest BCUT2D eigenvalue weighted by molar-refractivity contribution is 7.17. The van der Waals surface area contributed by atoms with E-state index in [2.05, 4.69) is 4.99 Å². The predicted molar refractivity (Wildman–Crippen MR) is 129 cm³/mol. The summed E-state index contributed by atoms with van der Waals surface area (Å²) in [6.07, 6.45) is 3.06. The summed E-state index contributed by atoms with van der Waals surface area (Å²) in [5, 5.41) is 0.330. The molecule has 7 nitrogen and oxygen atoms in total. The fraction of sp³-hybridized carbons (Fsp3) is 0.478. The van der Waals surface area contributed by atoms with Crippen LogP contribution in [0.3, 0.4) is 0 Å². The first-order valence-corrected chi connectivity index (χ1v) is 12.1. The third-order valence-corrected chi connectivity index (χ3v) is 7.70. The molecule has 0 aliphatic rings. The molecule has 0 aromatic carbocycles. The van der Waals surface area contributed by atoms with E-state index in [0.717, 1.165) is 16.0 Å². The lowest BCUT2D eigenvalue weighted by Crippen LogP contribution is -2.33. The number of ether oxygens (including phenoxy) is 2. The SMILES string of the molecule is CCOC(=O)c1c(/N=C/c2ccc(C(C)(C)C=O)s2)sc(C(C)(N)CC)c1C(=O)OCC. The van der Waals surface area contributed by atoms with E-state index in [1.54, 1.807) is 27.0 Å². The van der Waals surface area contributed by atoms with Crippen LogP contribution in [0.15, 0.2) is 17.1 Å². The van der Waals surface area contributed by atoms with Crippen molar-refractivity contribution in [2.24, 2.45) is 10.7 Å². The lowest BCUT2D eigenvalue weighted by atomic mass is 9.93. The zero-order valence-corrected chi connectivity index (χ0v) is 20.9. The van der Waals surface area contributed by atoms with Gasteiger partial charge in [0.2, 0.25) is 0 Å². The van der Waals surface area contributed by atoms with Crippen LogP contribution in [0.25, 0.3) is 0 Å². The molecular formula is C23H30N2O5S2. The molecule has 174 valence electrons. The minimum atomic E-state index is -0.855. The van der Waals surface area contributed by atoms with Gasteiger partial charge in [0.15, 0.2) is 0 Å². The Morgan fingerprint density at radius 1 is 1.03 bits per heavy atom. The van der Waals surface area contributed by atoms with Gasteiger partial charge in [0.25, 0.3) is 0 Å². The van der Waals surface area contributed by atoms with Gasteiger partial charge in [-0.15, -0.1) is 22.7 Å². The first-order chi connectivity index (χ1) is 15.0. The predicted octanol–water partition coefficient (Wildman–Crippen LogP) is 4.97. The first kappa shape index (κ1) is 25.9. The Morgan fingerprint density at radius 2 is 1.62 bits per heavy atom. The Morgan fingerprint density at radius 3 is 2.16 bits per heavy atom. The molecule has 9 heteroatoms. The van der Waals surface area contributed by atoms with E-state index in [1.165, 1.54) is 22.7 Å². The Balaban J connectivity index is 2.64. The van der Waals surface area contributed by atoms with Crippen LogP contribution in [0.5, 0.6) is 0 Å². The number of aldehydes is 1. The van der Waals surface area contributed by atoms with Gasteiger partial charge in [-0.1, -0.05) is 6.92 Å². The van der Waals surface area contributed by atoms with Crippen molar-refractivity contribution >= 4 is 52.1 Å². The van der Waals surface area contributed by atoms with E-state index in [-0.39, 0.29) is 24.3 Å². The average molecular weight is 479 g/mol. The maximum Gasteiger partial charge on any atom is 0.342 e. The van der Waals surface area contributed by atoms with Crippen LogP contribution < -0.4 is 5.73 Å². The maximum absolute atomic E-state index is 12.8. The van der Waals surface area contributed by atoms with Gasteiger partial charge in [-0.25, -0.2) is 14.6 Å². The van der Waals surface area contributed by atoms with Crippen molar-refractivity contribution in [3.63, 3.8) is 0 Å². The van der Waals surface area contributed by atoms with Crippen LogP contribution >= 0.6 is 22.7 Å². The molecule has 0 saturated carbocycles. The number of carbonyl (C=O) groups excluding carboxylic acids is 3. The molecule has 0 fully saturated rings. The molecule has 2 aromatic heterocycles. The van der Waals surface area contributed by atoms with Crippen LogP contribution in [-0.4, -0.2) is 37.7 Å². The number of hydrogen-bond acceptors (Lipinski definition) is 9. The monoisotopic (exact) mass is 478 g/mol. The van der Waals surface area contributed by atoms with E-state index >= 15 is 0 Å². The van der Waals surface area contributed by atoms with Gasteiger partial charge in [0, 0.05) is 26.4 Å². The number of thiophene rings is 2. The minimum Gasteiger partial charge on any atom is -0.462 e. The van der Waals surface area contributed by atoms with Crippen molar-refractivity contribution in [1.29, 1.82) is 0 Å². The molecule has 0 saturated heterocycles. The molecule has 0 aliphatic carbocycles. The summed E-state index contributed by atoms with van der Waals surface area (Å²) in [5.41, 5.74) is 5.20. The highest BCUT2D eigenvalue weighted by atomic mass is 32.1. The Labute approximate surface area is 196 Å². The van der Waals surface area contributed by atoms with E-state index in [4.69, 9.17) is 15.2 Å². The molecule has 32 heavy (non-hydrogen) atoms. The van der Waals surface area contributed by atoms with Gasteiger partial charge in [-0.05, 0) is 53.2 Å². The fourth-order valence-electron chi connectivity index (χ4n) is 2.81. The second-order valence-corrected chi connectivity index (χ2v) is 10.1. The zero-order valence-electron chi connectivity index (χ0n) is 19.3. The summed E-state index contributed by atoms with van der Waals surface area (Å²) in [7, 11) is 0. The molecule has 1 unspecified atom stereocenters. The summed E-state index contributed by atoms with van der Waals surface area (Å²) in [4.78, 5) is 43.8. The van der Waals surface area contributed by atoms with Gasteiger partial charge in [0.1, 0.15) is 16.9 Å². The lowest BCUT2D eigenvalue weighted by molar-refractivity contribution is -0.111. The number of esters is 2. The number of nitrogens with zero attached hydrogens (tertiary/aromatic N) is 1. The van der Waals surface area contributed by atoms with Crippen molar-refractivity contribution in [3.8, 4) is 0 Å². The molecule has 0 radical (unpaired) electrons. The normalized spacial score (nSPS) is 13.7. The van der Waals surface area contributed by atoms with Gasteiger partial charge in [0.05, 0.1) is 24.2 Å². The fourth-order valence-corrected chi connectivity index (χ4v) is 5.01. The Kier molecular flexibility index (Phi) is 8.50. The third kappa shape index (κ3) is 5.51. The maximum atomic E-state index is 12.8. The number of rotatable bonds is 10. The Bertz CT molecular complexity index is 1020. The number of hydrogen-bond donors (Lipinski definition) is 1. The van der Waals surface area contributed by atoms with E-state index < -0.39 is 22.9 Å². The summed E-state index contributed by atoms with van der Waals surface area (Å²) in [6, 6.07) is 3.74. The molecule has 0 bridgehead atoms. The van der Waals surface area contributed by atoms with Crippen LogP contribution in [0.2, 0.25) is 0 Å². The van der Waals surface area contributed by atoms with Crippen LogP contribution in [0.1, 0.15) is 83.3 Å². The quantitative estimate of drug-likeness (QED) is 0.293. The number of aliphatic imine (C=N–C) groups is 1. The molecule has 0 aliphatic heterocycles. The molecule has 2 aromatic rings. The number of nitrogens with two attached hydrogens (primary N) is 1. The topological polar surface area (TPSA) is 108 Å².